The fraction of sp³-hybridized carbons (Fsp3) is 0.0741. The van der Waals surface area contributed by atoms with Crippen molar-refractivity contribution in [2.24, 2.45) is 0 Å². The molecule has 0 bridgehead atoms. The highest BCUT2D eigenvalue weighted by atomic mass is 16.5. The minimum Gasteiger partial charge on any atom is -0.493 e. The molecular formula is C27H21N3O3. The van der Waals surface area contributed by atoms with Gasteiger partial charge in [-0.15, -0.1) is 0 Å². The predicted molar refractivity (Wildman–Crippen MR) is 128 cm³/mol. The summed E-state index contributed by atoms with van der Waals surface area (Å²) in [5, 5.41) is 13.2. The fourth-order valence-electron chi connectivity index (χ4n) is 3.35. The van der Waals surface area contributed by atoms with Gasteiger partial charge in [-0.1, -0.05) is 42.5 Å². The first-order valence-electron chi connectivity index (χ1n) is 10.3. The van der Waals surface area contributed by atoms with Crippen LogP contribution >= 0.6 is 0 Å². The van der Waals surface area contributed by atoms with Crippen molar-refractivity contribution in [2.75, 3.05) is 12.4 Å². The minimum absolute atomic E-state index is 0.0316. The summed E-state index contributed by atoms with van der Waals surface area (Å²) in [5.74, 6) is 0.583. The zero-order valence-electron chi connectivity index (χ0n) is 18.0. The normalized spacial score (nSPS) is 11.0. The number of amides is 1. The molecule has 0 aliphatic rings. The number of nitrogens with zero attached hydrogens (tertiary/aromatic N) is 2. The van der Waals surface area contributed by atoms with Crippen molar-refractivity contribution in [2.45, 2.75) is 6.61 Å². The van der Waals surface area contributed by atoms with Gasteiger partial charge >= 0.3 is 0 Å². The maximum Gasteiger partial charge on any atom is 0.266 e. The molecule has 0 saturated carbocycles. The van der Waals surface area contributed by atoms with Crippen molar-refractivity contribution in [3.8, 4) is 17.6 Å². The number of anilines is 1. The molecule has 3 aromatic carbocycles. The van der Waals surface area contributed by atoms with Gasteiger partial charge in [0.2, 0.25) is 0 Å². The number of nitrogens with one attached hydrogen (secondary N) is 1. The molecule has 4 rings (SSSR count). The van der Waals surface area contributed by atoms with Gasteiger partial charge in [0, 0.05) is 11.6 Å². The van der Waals surface area contributed by atoms with Crippen molar-refractivity contribution in [3.05, 3.63) is 102 Å². The second-order valence-electron chi connectivity index (χ2n) is 7.18. The van der Waals surface area contributed by atoms with Crippen LogP contribution in [0.5, 0.6) is 11.5 Å². The van der Waals surface area contributed by atoms with E-state index in [1.54, 1.807) is 49.7 Å². The van der Waals surface area contributed by atoms with Crippen molar-refractivity contribution >= 4 is 28.6 Å². The van der Waals surface area contributed by atoms with Crippen LogP contribution in [0.4, 0.5) is 5.69 Å². The summed E-state index contributed by atoms with van der Waals surface area (Å²) >= 11 is 0. The third-order valence-electron chi connectivity index (χ3n) is 4.99. The van der Waals surface area contributed by atoms with Gasteiger partial charge in [-0.2, -0.15) is 5.26 Å². The molecular weight excluding hydrogens is 414 g/mol. The number of carbonyl (C=O) groups is 1. The molecule has 1 N–H and O–H groups in total. The molecule has 0 aliphatic carbocycles. The molecule has 6 nitrogen and oxygen atoms in total. The molecule has 0 saturated heterocycles. The van der Waals surface area contributed by atoms with Crippen LogP contribution < -0.4 is 14.8 Å². The highest BCUT2D eigenvalue weighted by molar-refractivity contribution is 6.12. The third kappa shape index (κ3) is 5.17. The van der Waals surface area contributed by atoms with Gasteiger partial charge in [0.05, 0.1) is 18.3 Å². The van der Waals surface area contributed by atoms with E-state index >= 15 is 0 Å². The summed E-state index contributed by atoms with van der Waals surface area (Å²) in [6.45, 7) is 0.401. The molecule has 1 aromatic heterocycles. The number of hydrogen-bond donors (Lipinski definition) is 1. The Hall–Kier alpha value is -4.63. The average Bonchev–Trinajstić information content (AvgIpc) is 2.87. The van der Waals surface area contributed by atoms with Crippen LogP contribution in [0, 0.1) is 11.3 Å². The number of pyridine rings is 1. The Morgan fingerprint density at radius 3 is 2.67 bits per heavy atom. The number of nitriles is 1. The summed E-state index contributed by atoms with van der Waals surface area (Å²) < 4.78 is 11.3. The zero-order chi connectivity index (χ0) is 23.0. The smallest absolute Gasteiger partial charge is 0.266 e. The van der Waals surface area contributed by atoms with E-state index in [0.717, 1.165) is 16.5 Å². The maximum absolute atomic E-state index is 12.8. The summed E-state index contributed by atoms with van der Waals surface area (Å²) in [6, 6.07) is 26.2. The molecule has 4 aromatic rings. The highest BCUT2D eigenvalue weighted by Crippen LogP contribution is 2.30. The molecule has 162 valence electrons. The monoisotopic (exact) mass is 435 g/mol. The van der Waals surface area contributed by atoms with Gasteiger partial charge in [-0.05, 0) is 53.6 Å². The average molecular weight is 435 g/mol. The summed E-state index contributed by atoms with van der Waals surface area (Å²) in [7, 11) is 1.55. The fourth-order valence-corrected chi connectivity index (χ4v) is 3.35. The maximum atomic E-state index is 12.8. The Morgan fingerprint density at radius 1 is 1.03 bits per heavy atom. The van der Waals surface area contributed by atoms with Crippen LogP contribution in [0.2, 0.25) is 0 Å². The number of methoxy groups -OCH3 is 1. The Balaban J connectivity index is 1.53. The summed E-state index contributed by atoms with van der Waals surface area (Å²) in [5.41, 5.74) is 3.00. The number of aromatic nitrogens is 1. The largest absolute Gasteiger partial charge is 0.493 e. The third-order valence-corrected chi connectivity index (χ3v) is 4.99. The highest BCUT2D eigenvalue weighted by Gasteiger charge is 2.13. The molecule has 0 fully saturated rings. The van der Waals surface area contributed by atoms with Crippen LogP contribution in [-0.2, 0) is 11.4 Å². The molecule has 1 amide bonds. The van der Waals surface area contributed by atoms with E-state index in [9.17, 15) is 10.1 Å². The topological polar surface area (TPSA) is 84.2 Å². The minimum atomic E-state index is -0.503. The first kappa shape index (κ1) is 21.6. The first-order valence-corrected chi connectivity index (χ1v) is 10.3. The lowest BCUT2D eigenvalue weighted by atomic mass is 10.1. The number of benzene rings is 3. The predicted octanol–water partition coefficient (Wildman–Crippen LogP) is 5.37. The van der Waals surface area contributed by atoms with Crippen LogP contribution in [0.3, 0.4) is 0 Å². The van der Waals surface area contributed by atoms with Crippen LogP contribution in [0.1, 0.15) is 11.1 Å². The van der Waals surface area contributed by atoms with Gasteiger partial charge in [-0.3, -0.25) is 9.78 Å². The Morgan fingerprint density at radius 2 is 1.88 bits per heavy atom. The van der Waals surface area contributed by atoms with Gasteiger partial charge < -0.3 is 14.8 Å². The lowest BCUT2D eigenvalue weighted by Gasteiger charge is -2.12. The second kappa shape index (κ2) is 10.1. The molecule has 0 spiro atoms. The van der Waals surface area contributed by atoms with Crippen molar-refractivity contribution in [3.63, 3.8) is 0 Å². The first-order chi connectivity index (χ1) is 16.2. The molecule has 0 radical (unpaired) electrons. The number of ether oxygens (including phenoxy) is 2. The molecule has 0 atom stereocenters. The van der Waals surface area contributed by atoms with Gasteiger partial charge in [-0.25, -0.2) is 0 Å². The molecule has 0 unspecified atom stereocenters. The Bertz CT molecular complexity index is 1350. The quantitative estimate of drug-likeness (QED) is 0.312. The van der Waals surface area contributed by atoms with Crippen LogP contribution in [0.25, 0.3) is 17.0 Å². The lowest BCUT2D eigenvalue weighted by molar-refractivity contribution is -0.112. The number of fused-ring (bicyclic) bond motifs is 1. The lowest BCUT2D eigenvalue weighted by Crippen LogP contribution is -2.13. The number of hydrogen-bond acceptors (Lipinski definition) is 5. The van der Waals surface area contributed by atoms with E-state index in [-0.39, 0.29) is 5.57 Å². The molecule has 6 heteroatoms. The van der Waals surface area contributed by atoms with E-state index < -0.39 is 5.91 Å². The zero-order valence-corrected chi connectivity index (χ0v) is 18.0. The Labute approximate surface area is 191 Å². The number of rotatable bonds is 7. The van der Waals surface area contributed by atoms with Crippen LogP contribution in [-0.4, -0.2) is 18.0 Å². The van der Waals surface area contributed by atoms with Gasteiger partial charge in [0.1, 0.15) is 18.2 Å². The van der Waals surface area contributed by atoms with E-state index in [1.807, 2.05) is 48.5 Å². The van der Waals surface area contributed by atoms with Crippen molar-refractivity contribution in [1.29, 1.82) is 5.26 Å². The molecule has 33 heavy (non-hydrogen) atoms. The van der Waals surface area contributed by atoms with E-state index in [2.05, 4.69) is 10.3 Å². The summed E-state index contributed by atoms with van der Waals surface area (Å²) in [6.07, 6.45) is 3.21. The SMILES string of the molecule is COc1cc(/C=C(/C#N)C(=O)Nc2cccc3ncccc23)ccc1OCc1ccccc1. The van der Waals surface area contributed by atoms with Gasteiger partial charge in [0.15, 0.2) is 11.5 Å². The van der Waals surface area contributed by atoms with Crippen LogP contribution in [0.15, 0.2) is 90.6 Å². The van der Waals surface area contributed by atoms with E-state index in [0.29, 0.717) is 29.4 Å². The number of carbonyl (C=O) groups excluding carboxylic acids is 1. The standard InChI is InChI=1S/C27H21N3O3/c1-32-26-16-20(12-13-25(26)33-18-19-7-3-2-4-8-19)15-21(17-28)27(31)30-24-11-5-10-23-22(24)9-6-14-29-23/h2-16H,18H2,1H3,(H,30,31)/b21-15-. The molecule has 1 heterocycles. The second-order valence-corrected chi connectivity index (χ2v) is 7.18. The Kier molecular flexibility index (Phi) is 6.62. The van der Waals surface area contributed by atoms with Gasteiger partial charge in [0.25, 0.3) is 5.91 Å². The van der Waals surface area contributed by atoms with Crippen molar-refractivity contribution in [1.82, 2.24) is 4.98 Å². The summed E-state index contributed by atoms with van der Waals surface area (Å²) in [4.78, 5) is 17.1. The van der Waals surface area contributed by atoms with E-state index in [1.165, 1.54) is 6.08 Å². The van der Waals surface area contributed by atoms with Crippen molar-refractivity contribution < 1.29 is 14.3 Å². The molecule has 0 aliphatic heterocycles. The van der Waals surface area contributed by atoms with E-state index in [4.69, 9.17) is 9.47 Å².